The van der Waals surface area contributed by atoms with Gasteiger partial charge in [-0.25, -0.2) is 4.79 Å². The third kappa shape index (κ3) is 6.02. The van der Waals surface area contributed by atoms with Crippen molar-refractivity contribution in [1.29, 1.82) is 0 Å². The number of para-hydroxylation sites is 1. The number of esters is 1. The van der Waals surface area contributed by atoms with E-state index in [1.807, 2.05) is 43.3 Å². The summed E-state index contributed by atoms with van der Waals surface area (Å²) in [4.78, 5) is 38.2. The van der Waals surface area contributed by atoms with Crippen LogP contribution in [0.1, 0.15) is 22.8 Å². The Kier molecular flexibility index (Phi) is 7.54. The summed E-state index contributed by atoms with van der Waals surface area (Å²) in [5.41, 5.74) is 1.86. The van der Waals surface area contributed by atoms with Crippen LogP contribution < -0.4 is 9.64 Å². The van der Waals surface area contributed by atoms with E-state index in [0.29, 0.717) is 23.4 Å². The average molecular weight is 417 g/mol. The Morgan fingerprint density at radius 2 is 1.32 bits per heavy atom. The molecule has 0 heterocycles. The molecule has 0 aliphatic carbocycles. The van der Waals surface area contributed by atoms with Gasteiger partial charge in [-0.05, 0) is 43.3 Å². The number of rotatable bonds is 9. The largest absolute Gasteiger partial charge is 0.482 e. The zero-order valence-electron chi connectivity index (χ0n) is 17.2. The lowest BCUT2D eigenvalue weighted by Crippen LogP contribution is -2.35. The number of benzene rings is 3. The van der Waals surface area contributed by atoms with Crippen LogP contribution in [0, 0.1) is 0 Å². The van der Waals surface area contributed by atoms with Crippen molar-refractivity contribution >= 4 is 23.3 Å². The van der Waals surface area contributed by atoms with E-state index < -0.39 is 5.97 Å². The van der Waals surface area contributed by atoms with Crippen LogP contribution in [0.3, 0.4) is 0 Å². The van der Waals surface area contributed by atoms with E-state index >= 15 is 0 Å². The van der Waals surface area contributed by atoms with E-state index in [9.17, 15) is 14.4 Å². The maximum Gasteiger partial charge on any atom is 0.344 e. The first-order valence-electron chi connectivity index (χ1n) is 9.92. The highest BCUT2D eigenvalue weighted by molar-refractivity contribution is 6.09. The molecule has 0 aliphatic heterocycles. The maximum absolute atomic E-state index is 12.4. The molecule has 3 aromatic rings. The molecular weight excluding hydrogens is 394 g/mol. The van der Waals surface area contributed by atoms with E-state index in [4.69, 9.17) is 9.47 Å². The second-order valence-electron chi connectivity index (χ2n) is 6.64. The maximum atomic E-state index is 12.4. The zero-order chi connectivity index (χ0) is 22.1. The Hall–Kier alpha value is -3.93. The monoisotopic (exact) mass is 417 g/mol. The fraction of sp³-hybridized carbons (Fsp3) is 0.160. The Labute approximate surface area is 181 Å². The normalized spacial score (nSPS) is 10.2. The number of nitrogens with zero attached hydrogens (tertiary/aromatic N) is 1. The number of ketones is 1. The first-order chi connectivity index (χ1) is 15.1. The molecule has 0 saturated carbocycles. The van der Waals surface area contributed by atoms with Gasteiger partial charge in [0.25, 0.3) is 5.91 Å². The van der Waals surface area contributed by atoms with Gasteiger partial charge in [0.15, 0.2) is 19.0 Å². The fourth-order valence-corrected chi connectivity index (χ4v) is 2.97. The summed E-state index contributed by atoms with van der Waals surface area (Å²) < 4.78 is 10.4. The molecule has 0 N–H and O–H groups in total. The highest BCUT2D eigenvalue weighted by Crippen LogP contribution is 2.16. The molecule has 0 spiro atoms. The molecule has 0 fully saturated rings. The summed E-state index contributed by atoms with van der Waals surface area (Å²) in [6.45, 7) is 1.61. The Balaban J connectivity index is 1.47. The van der Waals surface area contributed by atoms with E-state index in [1.54, 1.807) is 48.5 Å². The standard InChI is InChI=1S/C25H23NO5/c1-2-26(21-11-7-4-8-12-21)23(27)17-31-24(28)18-30-22-15-13-20(14-16-22)25(29)19-9-5-3-6-10-19/h3-16H,2,17-18H2,1H3. The van der Waals surface area contributed by atoms with E-state index in [2.05, 4.69) is 0 Å². The molecule has 0 unspecified atom stereocenters. The van der Waals surface area contributed by atoms with Crippen molar-refractivity contribution in [3.8, 4) is 5.75 Å². The molecule has 31 heavy (non-hydrogen) atoms. The Bertz CT molecular complexity index is 1020. The highest BCUT2D eigenvalue weighted by atomic mass is 16.6. The molecule has 0 bridgehead atoms. The smallest absolute Gasteiger partial charge is 0.344 e. The predicted molar refractivity (Wildman–Crippen MR) is 117 cm³/mol. The van der Waals surface area contributed by atoms with E-state index in [-0.39, 0.29) is 24.9 Å². The molecule has 3 rings (SSSR count). The SMILES string of the molecule is CCN(C(=O)COC(=O)COc1ccc(C(=O)c2ccccc2)cc1)c1ccccc1. The second-order valence-corrected chi connectivity index (χ2v) is 6.64. The lowest BCUT2D eigenvalue weighted by molar-refractivity contribution is -0.149. The number of hydrogen-bond donors (Lipinski definition) is 0. The van der Waals surface area contributed by atoms with E-state index in [1.165, 1.54) is 4.90 Å². The van der Waals surface area contributed by atoms with Gasteiger partial charge in [-0.3, -0.25) is 9.59 Å². The van der Waals surface area contributed by atoms with Gasteiger partial charge in [0.2, 0.25) is 0 Å². The number of hydrogen-bond acceptors (Lipinski definition) is 5. The number of ether oxygens (including phenoxy) is 2. The Morgan fingerprint density at radius 3 is 1.94 bits per heavy atom. The van der Waals surface area contributed by atoms with Crippen LogP contribution in [0.15, 0.2) is 84.9 Å². The summed E-state index contributed by atoms with van der Waals surface area (Å²) in [5, 5.41) is 0. The minimum atomic E-state index is -0.651. The number of amides is 1. The van der Waals surface area contributed by atoms with Crippen LogP contribution in [0.2, 0.25) is 0 Å². The van der Waals surface area contributed by atoms with Crippen LogP contribution in [-0.4, -0.2) is 37.4 Å². The van der Waals surface area contributed by atoms with Crippen molar-refractivity contribution in [3.63, 3.8) is 0 Å². The second kappa shape index (κ2) is 10.7. The molecule has 0 aliphatic rings. The Morgan fingerprint density at radius 1 is 0.742 bits per heavy atom. The third-order valence-corrected chi connectivity index (χ3v) is 4.55. The van der Waals surface area contributed by atoms with Gasteiger partial charge in [0.05, 0.1) is 0 Å². The summed E-state index contributed by atoms with van der Waals surface area (Å²) in [6.07, 6.45) is 0. The number of likely N-dealkylation sites (N-methyl/N-ethyl adjacent to an activating group) is 1. The topological polar surface area (TPSA) is 72.9 Å². The summed E-state index contributed by atoms with van der Waals surface area (Å²) >= 11 is 0. The first kappa shape index (κ1) is 21.8. The lowest BCUT2D eigenvalue weighted by atomic mass is 10.0. The van der Waals surface area contributed by atoms with Crippen LogP contribution >= 0.6 is 0 Å². The number of carbonyl (C=O) groups is 3. The van der Waals surface area contributed by atoms with Gasteiger partial charge in [0, 0.05) is 23.4 Å². The first-order valence-corrected chi connectivity index (χ1v) is 9.92. The predicted octanol–water partition coefficient (Wildman–Crippen LogP) is 3.89. The van der Waals surface area contributed by atoms with Gasteiger partial charge in [-0.1, -0.05) is 48.5 Å². The average Bonchev–Trinajstić information content (AvgIpc) is 2.83. The number of anilines is 1. The summed E-state index contributed by atoms with van der Waals surface area (Å²) in [7, 11) is 0. The van der Waals surface area contributed by atoms with Crippen LogP contribution in [0.4, 0.5) is 5.69 Å². The van der Waals surface area contributed by atoms with Crippen molar-refractivity contribution in [2.45, 2.75) is 6.92 Å². The van der Waals surface area contributed by atoms with Crippen molar-refractivity contribution in [3.05, 3.63) is 96.1 Å². The molecule has 158 valence electrons. The van der Waals surface area contributed by atoms with Crippen molar-refractivity contribution in [1.82, 2.24) is 0 Å². The van der Waals surface area contributed by atoms with Crippen LogP contribution in [0.5, 0.6) is 5.75 Å². The van der Waals surface area contributed by atoms with Crippen LogP contribution in [-0.2, 0) is 14.3 Å². The zero-order valence-corrected chi connectivity index (χ0v) is 17.2. The summed E-state index contributed by atoms with van der Waals surface area (Å²) in [6, 6.07) is 24.6. The van der Waals surface area contributed by atoms with Crippen molar-refractivity contribution < 1.29 is 23.9 Å². The molecule has 6 nitrogen and oxygen atoms in total. The van der Waals surface area contributed by atoms with Gasteiger partial charge in [-0.2, -0.15) is 0 Å². The number of carbonyl (C=O) groups excluding carboxylic acids is 3. The van der Waals surface area contributed by atoms with Crippen LogP contribution in [0.25, 0.3) is 0 Å². The molecule has 0 radical (unpaired) electrons. The third-order valence-electron chi connectivity index (χ3n) is 4.55. The van der Waals surface area contributed by atoms with Gasteiger partial charge >= 0.3 is 5.97 Å². The van der Waals surface area contributed by atoms with E-state index in [0.717, 1.165) is 5.69 Å². The van der Waals surface area contributed by atoms with Crippen molar-refractivity contribution in [2.24, 2.45) is 0 Å². The molecule has 6 heteroatoms. The van der Waals surface area contributed by atoms with Crippen molar-refractivity contribution in [2.75, 3.05) is 24.7 Å². The minimum absolute atomic E-state index is 0.0935. The minimum Gasteiger partial charge on any atom is -0.482 e. The van der Waals surface area contributed by atoms with Gasteiger partial charge in [0.1, 0.15) is 5.75 Å². The van der Waals surface area contributed by atoms with Gasteiger partial charge < -0.3 is 14.4 Å². The summed E-state index contributed by atoms with van der Waals surface area (Å²) in [5.74, 6) is -0.635. The molecule has 0 aromatic heterocycles. The van der Waals surface area contributed by atoms with Gasteiger partial charge in [-0.15, -0.1) is 0 Å². The lowest BCUT2D eigenvalue weighted by Gasteiger charge is -2.20. The molecular formula is C25H23NO5. The molecule has 0 atom stereocenters. The molecule has 0 saturated heterocycles. The quantitative estimate of drug-likeness (QED) is 0.390. The molecule has 1 amide bonds. The fourth-order valence-electron chi connectivity index (χ4n) is 2.97. The highest BCUT2D eigenvalue weighted by Gasteiger charge is 2.16. The molecule has 3 aromatic carbocycles.